The SMILES string of the molecule is CN(C)C1(c2cccc(C(=O)O)c2)CCCC1. The van der Waals surface area contributed by atoms with Crippen LogP contribution < -0.4 is 0 Å². The zero-order chi connectivity index (χ0) is 12.5. The second kappa shape index (κ2) is 4.49. The molecule has 0 bridgehead atoms. The molecule has 0 spiro atoms. The lowest BCUT2D eigenvalue weighted by atomic mass is 9.86. The maximum absolute atomic E-state index is 11.0. The van der Waals surface area contributed by atoms with Crippen LogP contribution >= 0.6 is 0 Å². The third kappa shape index (κ3) is 2.07. The molecule has 3 nitrogen and oxygen atoms in total. The van der Waals surface area contributed by atoms with E-state index in [1.54, 1.807) is 6.07 Å². The van der Waals surface area contributed by atoms with Crippen LogP contribution in [0.5, 0.6) is 0 Å². The molecule has 92 valence electrons. The van der Waals surface area contributed by atoms with E-state index in [4.69, 9.17) is 5.11 Å². The van der Waals surface area contributed by atoms with Crippen LogP contribution in [0.2, 0.25) is 0 Å². The van der Waals surface area contributed by atoms with Gasteiger partial charge in [-0.05, 0) is 44.6 Å². The summed E-state index contributed by atoms with van der Waals surface area (Å²) in [5, 5.41) is 9.06. The average molecular weight is 233 g/mol. The van der Waals surface area contributed by atoms with Gasteiger partial charge < -0.3 is 5.11 Å². The highest BCUT2D eigenvalue weighted by Gasteiger charge is 2.37. The van der Waals surface area contributed by atoms with Crippen LogP contribution in [-0.4, -0.2) is 30.1 Å². The molecule has 0 heterocycles. The normalized spacial score (nSPS) is 18.5. The molecule has 1 aliphatic rings. The molecular formula is C14H19NO2. The quantitative estimate of drug-likeness (QED) is 0.872. The highest BCUT2D eigenvalue weighted by molar-refractivity contribution is 5.87. The summed E-state index contributed by atoms with van der Waals surface area (Å²) in [7, 11) is 4.16. The van der Waals surface area contributed by atoms with E-state index in [9.17, 15) is 4.79 Å². The van der Waals surface area contributed by atoms with Crippen molar-refractivity contribution in [3.63, 3.8) is 0 Å². The number of carboxylic acids is 1. The molecule has 0 atom stereocenters. The first-order chi connectivity index (χ1) is 8.06. The van der Waals surface area contributed by atoms with Crippen molar-refractivity contribution < 1.29 is 9.90 Å². The van der Waals surface area contributed by atoms with Gasteiger partial charge in [0.2, 0.25) is 0 Å². The summed E-state index contributed by atoms with van der Waals surface area (Å²) >= 11 is 0. The van der Waals surface area contributed by atoms with Crippen LogP contribution in [0.15, 0.2) is 24.3 Å². The number of aromatic carboxylic acids is 1. The smallest absolute Gasteiger partial charge is 0.335 e. The van der Waals surface area contributed by atoms with Crippen molar-refractivity contribution in [2.45, 2.75) is 31.2 Å². The Labute approximate surface area is 102 Å². The lowest BCUT2D eigenvalue weighted by Crippen LogP contribution is -2.38. The molecule has 1 aromatic rings. The second-order valence-electron chi connectivity index (χ2n) is 5.02. The Kier molecular flexibility index (Phi) is 3.20. The number of carboxylic acid groups (broad SMARTS) is 1. The van der Waals surface area contributed by atoms with Gasteiger partial charge in [-0.2, -0.15) is 0 Å². The van der Waals surface area contributed by atoms with E-state index in [0.29, 0.717) is 5.56 Å². The first-order valence-electron chi connectivity index (χ1n) is 6.07. The van der Waals surface area contributed by atoms with Crippen LogP contribution in [0.4, 0.5) is 0 Å². The number of hydrogen-bond donors (Lipinski definition) is 1. The minimum Gasteiger partial charge on any atom is -0.478 e. The number of nitrogens with zero attached hydrogens (tertiary/aromatic N) is 1. The summed E-state index contributed by atoms with van der Waals surface area (Å²) in [6.45, 7) is 0. The predicted octanol–water partition coefficient (Wildman–Crippen LogP) is 2.72. The second-order valence-corrected chi connectivity index (χ2v) is 5.02. The van der Waals surface area contributed by atoms with E-state index >= 15 is 0 Å². The molecule has 0 amide bonds. The van der Waals surface area contributed by atoms with Gasteiger partial charge in [0.1, 0.15) is 0 Å². The topological polar surface area (TPSA) is 40.5 Å². The number of hydrogen-bond acceptors (Lipinski definition) is 2. The van der Waals surface area contributed by atoms with E-state index in [2.05, 4.69) is 25.1 Å². The molecule has 3 heteroatoms. The van der Waals surface area contributed by atoms with Gasteiger partial charge in [0.15, 0.2) is 0 Å². The molecular weight excluding hydrogens is 214 g/mol. The monoisotopic (exact) mass is 233 g/mol. The van der Waals surface area contributed by atoms with Crippen LogP contribution in [0.1, 0.15) is 41.6 Å². The van der Waals surface area contributed by atoms with Crippen molar-refractivity contribution in [1.82, 2.24) is 4.90 Å². The molecule has 0 radical (unpaired) electrons. The van der Waals surface area contributed by atoms with Gasteiger partial charge in [0, 0.05) is 5.54 Å². The highest BCUT2D eigenvalue weighted by atomic mass is 16.4. The largest absolute Gasteiger partial charge is 0.478 e. The van der Waals surface area contributed by atoms with Crippen molar-refractivity contribution in [3.05, 3.63) is 35.4 Å². The minimum atomic E-state index is -0.848. The number of carbonyl (C=O) groups is 1. The Balaban J connectivity index is 2.43. The molecule has 0 saturated heterocycles. The van der Waals surface area contributed by atoms with Gasteiger partial charge in [-0.25, -0.2) is 4.79 Å². The van der Waals surface area contributed by atoms with Gasteiger partial charge >= 0.3 is 5.97 Å². The Morgan fingerprint density at radius 2 is 1.94 bits per heavy atom. The summed E-state index contributed by atoms with van der Waals surface area (Å²) in [5.74, 6) is -0.848. The first kappa shape index (κ1) is 12.1. The fourth-order valence-corrected chi connectivity index (χ4v) is 2.90. The Bertz CT molecular complexity index is 420. The molecule has 17 heavy (non-hydrogen) atoms. The lowest BCUT2D eigenvalue weighted by molar-refractivity contribution is 0.0696. The van der Waals surface area contributed by atoms with E-state index in [0.717, 1.165) is 18.4 Å². The molecule has 2 rings (SSSR count). The van der Waals surface area contributed by atoms with Gasteiger partial charge in [-0.3, -0.25) is 4.90 Å². The Morgan fingerprint density at radius 1 is 1.29 bits per heavy atom. The van der Waals surface area contributed by atoms with Crippen LogP contribution in [0.3, 0.4) is 0 Å². The van der Waals surface area contributed by atoms with Crippen molar-refractivity contribution in [1.29, 1.82) is 0 Å². The van der Waals surface area contributed by atoms with Crippen molar-refractivity contribution in [3.8, 4) is 0 Å². The third-order valence-corrected chi connectivity index (χ3v) is 3.93. The van der Waals surface area contributed by atoms with Crippen molar-refractivity contribution in [2.24, 2.45) is 0 Å². The molecule has 1 N–H and O–H groups in total. The van der Waals surface area contributed by atoms with Crippen LogP contribution in [-0.2, 0) is 5.54 Å². The van der Waals surface area contributed by atoms with Crippen molar-refractivity contribution in [2.75, 3.05) is 14.1 Å². The summed E-state index contributed by atoms with van der Waals surface area (Å²) in [6, 6.07) is 7.39. The summed E-state index contributed by atoms with van der Waals surface area (Å²) in [5.41, 5.74) is 1.56. The van der Waals surface area contributed by atoms with Gasteiger partial charge in [-0.1, -0.05) is 25.0 Å². The molecule has 0 aromatic heterocycles. The minimum absolute atomic E-state index is 0.0332. The number of benzene rings is 1. The fourth-order valence-electron chi connectivity index (χ4n) is 2.90. The average Bonchev–Trinajstić information content (AvgIpc) is 2.79. The van der Waals surface area contributed by atoms with Gasteiger partial charge in [-0.15, -0.1) is 0 Å². The molecule has 1 saturated carbocycles. The summed E-state index contributed by atoms with van der Waals surface area (Å²) < 4.78 is 0. The first-order valence-corrected chi connectivity index (χ1v) is 6.07. The summed E-state index contributed by atoms with van der Waals surface area (Å²) in [4.78, 5) is 13.3. The molecule has 0 unspecified atom stereocenters. The third-order valence-electron chi connectivity index (χ3n) is 3.93. The number of rotatable bonds is 3. The molecule has 1 aliphatic carbocycles. The van der Waals surface area contributed by atoms with E-state index in [-0.39, 0.29) is 5.54 Å². The maximum Gasteiger partial charge on any atom is 0.335 e. The molecule has 1 fully saturated rings. The Morgan fingerprint density at radius 3 is 2.47 bits per heavy atom. The van der Waals surface area contributed by atoms with Crippen LogP contribution in [0.25, 0.3) is 0 Å². The summed E-state index contributed by atoms with van der Waals surface area (Å²) in [6.07, 6.45) is 4.66. The zero-order valence-electron chi connectivity index (χ0n) is 10.4. The Hall–Kier alpha value is -1.35. The van der Waals surface area contributed by atoms with Gasteiger partial charge in [0.25, 0.3) is 0 Å². The van der Waals surface area contributed by atoms with E-state index in [1.807, 2.05) is 12.1 Å². The van der Waals surface area contributed by atoms with Crippen LogP contribution in [0, 0.1) is 0 Å². The standard InChI is InChI=1S/C14H19NO2/c1-15(2)14(8-3-4-9-14)12-7-5-6-11(10-12)13(16)17/h5-7,10H,3-4,8-9H2,1-2H3,(H,16,17). The zero-order valence-corrected chi connectivity index (χ0v) is 10.4. The van der Waals surface area contributed by atoms with Crippen molar-refractivity contribution >= 4 is 5.97 Å². The molecule has 0 aliphatic heterocycles. The highest BCUT2D eigenvalue weighted by Crippen LogP contribution is 2.42. The van der Waals surface area contributed by atoms with E-state index < -0.39 is 5.97 Å². The maximum atomic E-state index is 11.0. The van der Waals surface area contributed by atoms with Gasteiger partial charge in [0.05, 0.1) is 5.56 Å². The van der Waals surface area contributed by atoms with E-state index in [1.165, 1.54) is 12.8 Å². The predicted molar refractivity (Wildman–Crippen MR) is 67.2 cm³/mol. The fraction of sp³-hybridized carbons (Fsp3) is 0.500. The lowest BCUT2D eigenvalue weighted by Gasteiger charge is -2.37. The molecule has 1 aromatic carbocycles.